The van der Waals surface area contributed by atoms with Gasteiger partial charge in [0.2, 0.25) is 0 Å². The molecule has 4 heteroatoms. The molecule has 106 valence electrons. The number of nitrogens with zero attached hydrogens (tertiary/aromatic N) is 1. The predicted octanol–water partition coefficient (Wildman–Crippen LogP) is 3.06. The lowest BCUT2D eigenvalue weighted by Gasteiger charge is -2.23. The van der Waals surface area contributed by atoms with Crippen LogP contribution >= 0.6 is 23.1 Å². The van der Waals surface area contributed by atoms with E-state index in [2.05, 4.69) is 49.1 Å². The van der Waals surface area contributed by atoms with Gasteiger partial charge in [-0.25, -0.2) is 0 Å². The molecule has 0 aliphatic rings. The summed E-state index contributed by atoms with van der Waals surface area (Å²) in [5.41, 5.74) is 0. The van der Waals surface area contributed by atoms with Gasteiger partial charge in [0.05, 0.1) is 11.5 Å². The van der Waals surface area contributed by atoms with Gasteiger partial charge in [-0.05, 0) is 44.5 Å². The van der Waals surface area contributed by atoms with Gasteiger partial charge in [0.25, 0.3) is 0 Å². The summed E-state index contributed by atoms with van der Waals surface area (Å²) < 4.78 is 0. The van der Waals surface area contributed by atoms with Crippen LogP contribution < -0.4 is 0 Å². The maximum absolute atomic E-state index is 8.69. The highest BCUT2D eigenvalue weighted by molar-refractivity contribution is 7.98. The highest BCUT2D eigenvalue weighted by Crippen LogP contribution is 2.18. The van der Waals surface area contributed by atoms with Crippen LogP contribution in [0.1, 0.15) is 29.5 Å². The molecule has 0 aliphatic carbocycles. The van der Waals surface area contributed by atoms with Gasteiger partial charge in [-0.2, -0.15) is 11.8 Å². The van der Waals surface area contributed by atoms with Crippen LogP contribution in [0, 0.1) is 11.8 Å². The van der Waals surface area contributed by atoms with Gasteiger partial charge in [-0.15, -0.1) is 11.3 Å². The summed E-state index contributed by atoms with van der Waals surface area (Å²) in [4.78, 5) is 4.84. The molecule has 1 unspecified atom stereocenters. The van der Waals surface area contributed by atoms with E-state index in [4.69, 9.17) is 5.11 Å². The highest BCUT2D eigenvalue weighted by atomic mass is 32.2. The molecular weight excluding hydrogens is 274 g/mol. The van der Waals surface area contributed by atoms with E-state index in [1.165, 1.54) is 17.1 Å². The van der Waals surface area contributed by atoms with Gasteiger partial charge >= 0.3 is 0 Å². The largest absolute Gasteiger partial charge is 0.395 e. The maximum atomic E-state index is 8.69. The molecular formula is C15H23NOS2. The lowest BCUT2D eigenvalue weighted by atomic mass is 10.2. The summed E-state index contributed by atoms with van der Waals surface area (Å²) in [5.74, 6) is 7.27. The van der Waals surface area contributed by atoms with Crippen molar-refractivity contribution in [3.8, 4) is 11.8 Å². The molecule has 19 heavy (non-hydrogen) atoms. The lowest BCUT2D eigenvalue weighted by molar-refractivity contribution is 0.247. The van der Waals surface area contributed by atoms with Crippen LogP contribution in [0.3, 0.4) is 0 Å². The average Bonchev–Trinajstić information content (AvgIpc) is 2.83. The molecule has 0 spiro atoms. The van der Waals surface area contributed by atoms with Gasteiger partial charge < -0.3 is 5.11 Å². The zero-order valence-corrected chi connectivity index (χ0v) is 13.6. The van der Waals surface area contributed by atoms with Crippen molar-refractivity contribution in [1.29, 1.82) is 0 Å². The van der Waals surface area contributed by atoms with Gasteiger partial charge in [0.15, 0.2) is 0 Å². The van der Waals surface area contributed by atoms with E-state index in [1.54, 1.807) is 11.3 Å². The molecule has 1 atom stereocenters. The molecule has 1 aromatic rings. The predicted molar refractivity (Wildman–Crippen MR) is 86.8 cm³/mol. The number of hydrogen-bond donors (Lipinski definition) is 1. The molecule has 0 saturated heterocycles. The van der Waals surface area contributed by atoms with E-state index in [9.17, 15) is 0 Å². The molecule has 0 aromatic carbocycles. The minimum Gasteiger partial charge on any atom is -0.395 e. The standard InChI is InChI=1S/C15H23NOS2/c1-13(9-11-18-3)16(2)12-15-8-7-14(19-15)6-4-5-10-17/h7-8,13,17H,5,9-12H2,1-3H3. The van der Waals surface area contributed by atoms with Crippen molar-refractivity contribution < 1.29 is 5.11 Å². The van der Waals surface area contributed by atoms with Crippen LogP contribution in [0.25, 0.3) is 0 Å². The number of aliphatic hydroxyl groups excluding tert-OH is 1. The summed E-state index contributed by atoms with van der Waals surface area (Å²) in [6, 6.07) is 4.84. The van der Waals surface area contributed by atoms with Crippen LogP contribution in [0.15, 0.2) is 12.1 Å². The minimum atomic E-state index is 0.140. The van der Waals surface area contributed by atoms with Crippen molar-refractivity contribution >= 4 is 23.1 Å². The summed E-state index contributed by atoms with van der Waals surface area (Å²) in [6.45, 7) is 3.41. The monoisotopic (exact) mass is 297 g/mol. The van der Waals surface area contributed by atoms with Crippen molar-refractivity contribution in [2.45, 2.75) is 32.4 Å². The van der Waals surface area contributed by atoms with E-state index in [1.807, 2.05) is 11.8 Å². The van der Waals surface area contributed by atoms with Gasteiger partial charge in [-0.3, -0.25) is 4.90 Å². The fourth-order valence-electron chi connectivity index (χ4n) is 1.65. The third kappa shape index (κ3) is 6.49. The molecule has 0 radical (unpaired) electrons. The van der Waals surface area contributed by atoms with Crippen molar-refractivity contribution in [3.05, 3.63) is 21.9 Å². The zero-order chi connectivity index (χ0) is 14.1. The fourth-order valence-corrected chi connectivity index (χ4v) is 3.17. The Bertz CT molecular complexity index is 419. The molecule has 1 rings (SSSR count). The van der Waals surface area contributed by atoms with Crippen LogP contribution in [0.4, 0.5) is 0 Å². The molecule has 1 aromatic heterocycles. The molecule has 0 amide bonds. The quantitative estimate of drug-likeness (QED) is 0.783. The first-order valence-electron chi connectivity index (χ1n) is 6.55. The minimum absolute atomic E-state index is 0.140. The van der Waals surface area contributed by atoms with Gasteiger partial charge in [0.1, 0.15) is 0 Å². The van der Waals surface area contributed by atoms with Crippen LogP contribution in [0.5, 0.6) is 0 Å². The SMILES string of the molecule is CSCCC(C)N(C)Cc1ccc(C#CCCO)s1. The van der Waals surface area contributed by atoms with Crippen molar-refractivity contribution in [2.75, 3.05) is 25.7 Å². The van der Waals surface area contributed by atoms with Gasteiger partial charge in [-0.1, -0.05) is 11.8 Å². The molecule has 0 bridgehead atoms. The topological polar surface area (TPSA) is 23.5 Å². The van der Waals surface area contributed by atoms with E-state index < -0.39 is 0 Å². The molecule has 2 nitrogen and oxygen atoms in total. The average molecular weight is 297 g/mol. The van der Waals surface area contributed by atoms with Crippen molar-refractivity contribution in [2.24, 2.45) is 0 Å². The molecule has 1 heterocycles. The Kier molecular flexibility index (Phi) is 8.24. The van der Waals surface area contributed by atoms with E-state index >= 15 is 0 Å². The summed E-state index contributed by atoms with van der Waals surface area (Å²) in [5, 5.41) is 8.69. The van der Waals surface area contributed by atoms with Crippen LogP contribution in [-0.4, -0.2) is 41.7 Å². The number of aliphatic hydroxyl groups is 1. The Morgan fingerprint density at radius 2 is 2.26 bits per heavy atom. The lowest BCUT2D eigenvalue weighted by Crippen LogP contribution is -2.28. The second kappa shape index (κ2) is 9.44. The normalized spacial score (nSPS) is 12.3. The van der Waals surface area contributed by atoms with Crippen LogP contribution in [0.2, 0.25) is 0 Å². The van der Waals surface area contributed by atoms with E-state index in [0.29, 0.717) is 12.5 Å². The molecule has 0 saturated carbocycles. The fraction of sp³-hybridized carbons (Fsp3) is 0.600. The van der Waals surface area contributed by atoms with Crippen molar-refractivity contribution in [3.63, 3.8) is 0 Å². The second-order valence-electron chi connectivity index (χ2n) is 4.59. The van der Waals surface area contributed by atoms with Crippen LogP contribution in [-0.2, 0) is 6.54 Å². The first-order valence-corrected chi connectivity index (χ1v) is 8.76. The number of thioether (sulfide) groups is 1. The van der Waals surface area contributed by atoms with Crippen molar-refractivity contribution in [1.82, 2.24) is 4.90 Å². The number of thiophene rings is 1. The summed E-state index contributed by atoms with van der Waals surface area (Å²) in [6.07, 6.45) is 3.94. The number of hydrogen-bond acceptors (Lipinski definition) is 4. The maximum Gasteiger partial charge on any atom is 0.0771 e. The Labute approximate surface area is 125 Å². The molecule has 0 fully saturated rings. The Balaban J connectivity index is 2.47. The Hall–Kier alpha value is -0.470. The third-order valence-electron chi connectivity index (χ3n) is 3.01. The van der Waals surface area contributed by atoms with E-state index in [0.717, 1.165) is 11.4 Å². The first kappa shape index (κ1) is 16.6. The molecule has 1 N–H and O–H groups in total. The summed E-state index contributed by atoms with van der Waals surface area (Å²) in [7, 11) is 2.18. The Morgan fingerprint density at radius 1 is 1.47 bits per heavy atom. The Morgan fingerprint density at radius 3 is 2.95 bits per heavy atom. The van der Waals surface area contributed by atoms with E-state index in [-0.39, 0.29) is 6.61 Å². The van der Waals surface area contributed by atoms with Gasteiger partial charge in [0, 0.05) is 23.9 Å². The smallest absolute Gasteiger partial charge is 0.0771 e. The first-order chi connectivity index (χ1) is 9.17. The highest BCUT2D eigenvalue weighted by Gasteiger charge is 2.10. The summed E-state index contributed by atoms with van der Waals surface area (Å²) >= 11 is 3.66. The number of rotatable bonds is 7. The third-order valence-corrected chi connectivity index (χ3v) is 4.64. The second-order valence-corrected chi connectivity index (χ2v) is 6.74. The zero-order valence-electron chi connectivity index (χ0n) is 12.0. The molecule has 0 aliphatic heterocycles.